The molecule has 0 bridgehead atoms. The first-order valence-electron chi connectivity index (χ1n) is 16.7. The zero-order valence-corrected chi connectivity index (χ0v) is 29.7. The van der Waals surface area contributed by atoms with Crippen LogP contribution in [-0.4, -0.2) is 59.1 Å². The molecular weight excluding hydrogens is 667 g/mol. The standard InChI is InChI=1S/C36H35ClN4O6.CH3Cl/c1-17-11-38-31-25(46-19(3)42)7-23-22(28(17)31)5-6-40(23)33(45)35-14-34(15-36(34,35)16-35)9-27(44)41-13-21(10-37)30-24(41)8-26(47-20(4)43)32-29(30)18(2)12-39-32;1-2/h7-8,11-12,21,38-39H,5-6,9-10,13-16H2,1-4H3;1H3. The summed E-state index contributed by atoms with van der Waals surface area (Å²) in [6, 6.07) is 3.63. The van der Waals surface area contributed by atoms with Gasteiger partial charge in [0.2, 0.25) is 11.8 Å². The second-order valence-electron chi connectivity index (χ2n) is 14.5. The van der Waals surface area contributed by atoms with Gasteiger partial charge in [0.25, 0.3) is 0 Å². The van der Waals surface area contributed by atoms with Crippen molar-refractivity contribution in [1.29, 1.82) is 0 Å². The predicted octanol–water partition coefficient (Wildman–Crippen LogP) is 6.79. The molecule has 49 heavy (non-hydrogen) atoms. The molecule has 2 aliphatic heterocycles. The average Bonchev–Trinajstić information content (AvgIpc) is 3.48. The highest BCUT2D eigenvalue weighted by molar-refractivity contribution is 6.19. The molecule has 3 aliphatic carbocycles. The van der Waals surface area contributed by atoms with Gasteiger partial charge in [-0.3, -0.25) is 19.2 Å². The normalized spacial score (nSPS) is 26.6. The molecule has 9 rings (SSSR count). The number of hydrogen-bond donors (Lipinski definition) is 2. The number of amides is 2. The smallest absolute Gasteiger partial charge is 0.308 e. The van der Waals surface area contributed by atoms with E-state index < -0.39 is 17.4 Å². The third-order valence-electron chi connectivity index (χ3n) is 12.0. The number of ether oxygens (including phenoxy) is 2. The number of nitrogens with one attached hydrogen (secondary N) is 2. The largest absolute Gasteiger partial charge is 0.424 e. The molecule has 10 nitrogen and oxygen atoms in total. The third-order valence-corrected chi connectivity index (χ3v) is 12.4. The van der Waals surface area contributed by atoms with Gasteiger partial charge in [0.05, 0.1) is 27.8 Å². The van der Waals surface area contributed by atoms with Crippen LogP contribution >= 0.6 is 23.2 Å². The number of carbonyl (C=O) groups is 4. The quantitative estimate of drug-likeness (QED) is 0.129. The van der Waals surface area contributed by atoms with Crippen LogP contribution in [0.25, 0.3) is 21.8 Å². The maximum Gasteiger partial charge on any atom is 0.308 e. The van der Waals surface area contributed by atoms with E-state index in [2.05, 4.69) is 21.6 Å². The molecule has 3 fully saturated rings. The Hall–Kier alpha value is -4.02. The van der Waals surface area contributed by atoms with E-state index in [4.69, 9.17) is 21.1 Å². The Morgan fingerprint density at radius 2 is 1.49 bits per heavy atom. The van der Waals surface area contributed by atoms with Crippen molar-refractivity contribution in [2.75, 3.05) is 35.2 Å². The molecule has 2 amide bonds. The molecule has 2 N–H and O–H groups in total. The number of rotatable bonds is 6. The number of benzene rings is 2. The molecule has 0 saturated heterocycles. The summed E-state index contributed by atoms with van der Waals surface area (Å²) in [4.78, 5) is 62.5. The van der Waals surface area contributed by atoms with Gasteiger partial charge in [0.1, 0.15) is 0 Å². The number of hydrogen-bond acceptors (Lipinski definition) is 6. The Bertz CT molecular complexity index is 2150. The summed E-state index contributed by atoms with van der Waals surface area (Å²) in [5.41, 5.74) is 6.53. The number of H-pyrrole nitrogens is 2. The van der Waals surface area contributed by atoms with Gasteiger partial charge < -0.3 is 29.2 Å². The van der Waals surface area contributed by atoms with Crippen molar-refractivity contribution in [2.45, 2.75) is 65.7 Å². The van der Waals surface area contributed by atoms with E-state index in [9.17, 15) is 19.2 Å². The van der Waals surface area contributed by atoms with Gasteiger partial charge in [0.15, 0.2) is 11.5 Å². The Balaban J connectivity index is 0.00000171. The van der Waals surface area contributed by atoms with Gasteiger partial charge in [-0.25, -0.2) is 0 Å². The predicted molar refractivity (Wildman–Crippen MR) is 188 cm³/mol. The highest BCUT2D eigenvalue weighted by Gasteiger charge is 2.98. The van der Waals surface area contributed by atoms with Crippen LogP contribution in [0, 0.1) is 30.1 Å². The molecule has 4 heterocycles. The fraction of sp³-hybridized carbons (Fsp3) is 0.459. The Kier molecular flexibility index (Phi) is 7.06. The van der Waals surface area contributed by atoms with Crippen molar-refractivity contribution < 1.29 is 28.7 Å². The average molecular weight is 706 g/mol. The maximum atomic E-state index is 14.3. The number of aromatic amines is 2. The molecule has 2 aromatic carbocycles. The van der Waals surface area contributed by atoms with E-state index in [-0.39, 0.29) is 28.6 Å². The topological polar surface area (TPSA) is 125 Å². The first-order valence-corrected chi connectivity index (χ1v) is 17.9. The Morgan fingerprint density at radius 3 is 2.10 bits per heavy atom. The van der Waals surface area contributed by atoms with Crippen LogP contribution in [0.4, 0.5) is 11.4 Å². The molecule has 3 saturated carbocycles. The molecule has 4 unspecified atom stereocenters. The lowest BCUT2D eigenvalue weighted by atomic mass is 9.71. The van der Waals surface area contributed by atoms with Crippen LogP contribution < -0.4 is 19.3 Å². The number of fused-ring (bicyclic) bond motifs is 6. The molecule has 4 aromatic rings. The molecule has 0 radical (unpaired) electrons. The minimum absolute atomic E-state index is 0.0212. The lowest BCUT2D eigenvalue weighted by Crippen LogP contribution is -2.44. The van der Waals surface area contributed by atoms with Gasteiger partial charge in [-0.15, -0.1) is 23.2 Å². The lowest BCUT2D eigenvalue weighted by molar-refractivity contribution is -0.132. The van der Waals surface area contributed by atoms with E-state index in [0.29, 0.717) is 43.3 Å². The summed E-state index contributed by atoms with van der Waals surface area (Å²) in [5.74, 6) is 0.467. The van der Waals surface area contributed by atoms with Crippen molar-refractivity contribution in [3.05, 3.63) is 46.8 Å². The van der Waals surface area contributed by atoms with Crippen LogP contribution in [0.3, 0.4) is 0 Å². The highest BCUT2D eigenvalue weighted by atomic mass is 35.5. The second kappa shape index (κ2) is 10.7. The third kappa shape index (κ3) is 4.19. The maximum absolute atomic E-state index is 14.3. The molecule has 256 valence electrons. The van der Waals surface area contributed by atoms with E-state index in [1.807, 2.05) is 42.1 Å². The molecule has 12 heteroatoms. The molecular formula is C37H38Cl2N4O6. The zero-order valence-electron chi connectivity index (χ0n) is 28.1. The highest BCUT2D eigenvalue weighted by Crippen LogP contribution is 3.01. The van der Waals surface area contributed by atoms with Gasteiger partial charge >= 0.3 is 11.9 Å². The zero-order chi connectivity index (χ0) is 34.8. The monoisotopic (exact) mass is 704 g/mol. The summed E-state index contributed by atoms with van der Waals surface area (Å²) in [5, 5.41) is 1.97. The first kappa shape index (κ1) is 32.2. The number of nitrogens with zero attached hydrogens (tertiary/aromatic N) is 2. The van der Waals surface area contributed by atoms with Gasteiger partial charge in [-0.05, 0) is 72.6 Å². The fourth-order valence-electron chi connectivity index (χ4n) is 10.1. The summed E-state index contributed by atoms with van der Waals surface area (Å²) < 4.78 is 11.2. The Labute approximate surface area is 293 Å². The van der Waals surface area contributed by atoms with Crippen LogP contribution in [0.2, 0.25) is 0 Å². The van der Waals surface area contributed by atoms with Crippen LogP contribution in [0.1, 0.15) is 67.7 Å². The number of aromatic nitrogens is 2. The SMILES string of the molecule is CC(=O)Oc1cc2c(c3c(C)c[nH]c13)CCN2C(=O)C12CC3(CC(=O)N4CC(CCl)c5c4cc(OC(C)=O)c4[nH]cc(C)c54)CC31C2.CCl. The van der Waals surface area contributed by atoms with Crippen molar-refractivity contribution in [1.82, 2.24) is 9.97 Å². The van der Waals surface area contributed by atoms with E-state index in [0.717, 1.165) is 74.7 Å². The molecule has 4 atom stereocenters. The second-order valence-corrected chi connectivity index (χ2v) is 14.8. The van der Waals surface area contributed by atoms with Gasteiger partial charge in [-0.1, -0.05) is 0 Å². The summed E-state index contributed by atoms with van der Waals surface area (Å²) in [6.07, 6.45) is 8.76. The molecule has 2 aromatic heterocycles. The van der Waals surface area contributed by atoms with Crippen LogP contribution in [-0.2, 0) is 25.6 Å². The number of esters is 2. The summed E-state index contributed by atoms with van der Waals surface area (Å²) >= 11 is 11.1. The number of alkyl halides is 2. The van der Waals surface area contributed by atoms with Crippen LogP contribution in [0.5, 0.6) is 11.5 Å². The van der Waals surface area contributed by atoms with E-state index >= 15 is 0 Å². The summed E-state index contributed by atoms with van der Waals surface area (Å²) in [6.45, 7) is 7.82. The molecule has 1 spiro atoms. The minimum atomic E-state index is -0.433. The number of aryl methyl sites for hydroxylation is 2. The summed E-state index contributed by atoms with van der Waals surface area (Å²) in [7, 11) is 0. The Morgan fingerprint density at radius 1 is 0.878 bits per heavy atom. The number of halogens is 2. The number of carbonyl (C=O) groups excluding carboxylic acids is 4. The van der Waals surface area contributed by atoms with E-state index in [1.165, 1.54) is 20.2 Å². The van der Waals surface area contributed by atoms with Crippen LogP contribution in [0.15, 0.2) is 24.5 Å². The number of anilines is 2. The minimum Gasteiger partial charge on any atom is -0.424 e. The van der Waals surface area contributed by atoms with Gasteiger partial charge in [0, 0.05) is 86.8 Å². The van der Waals surface area contributed by atoms with Crippen molar-refractivity contribution in [2.24, 2.45) is 16.2 Å². The van der Waals surface area contributed by atoms with E-state index in [1.54, 1.807) is 6.07 Å². The van der Waals surface area contributed by atoms with Crippen molar-refractivity contribution in [3.8, 4) is 11.5 Å². The molecule has 5 aliphatic rings. The fourth-order valence-corrected chi connectivity index (χ4v) is 10.3. The first-order chi connectivity index (χ1) is 23.4. The van der Waals surface area contributed by atoms with Crippen molar-refractivity contribution in [3.63, 3.8) is 0 Å². The lowest BCUT2D eigenvalue weighted by Gasteiger charge is -2.36. The van der Waals surface area contributed by atoms with Crippen molar-refractivity contribution >= 4 is 80.1 Å². The van der Waals surface area contributed by atoms with Gasteiger partial charge in [-0.2, -0.15) is 0 Å².